The Morgan fingerprint density at radius 1 is 1.10 bits per heavy atom. The van der Waals surface area contributed by atoms with Gasteiger partial charge in [0.15, 0.2) is 0 Å². The molecule has 6 heteroatoms. The number of halogens is 2. The fourth-order valence-corrected chi connectivity index (χ4v) is 2.21. The van der Waals surface area contributed by atoms with Gasteiger partial charge >= 0.3 is 0 Å². The summed E-state index contributed by atoms with van der Waals surface area (Å²) in [6.07, 6.45) is -0.778. The van der Waals surface area contributed by atoms with Gasteiger partial charge in [-0.1, -0.05) is 23.2 Å². The van der Waals surface area contributed by atoms with Crippen LogP contribution in [0, 0.1) is 0 Å². The monoisotopic (exact) mass is 312 g/mol. The number of hydrogen-bond acceptors (Lipinski definition) is 4. The van der Waals surface area contributed by atoms with Crippen molar-refractivity contribution in [3.63, 3.8) is 0 Å². The Bertz CT molecular complexity index is 580. The lowest BCUT2D eigenvalue weighted by atomic mass is 10.1. The summed E-state index contributed by atoms with van der Waals surface area (Å²) in [6, 6.07) is 9.73. The lowest BCUT2D eigenvalue weighted by Gasteiger charge is -2.15. The van der Waals surface area contributed by atoms with Gasteiger partial charge in [0.05, 0.1) is 21.8 Å². The van der Waals surface area contributed by atoms with Crippen LogP contribution in [0.25, 0.3) is 0 Å². The quantitative estimate of drug-likeness (QED) is 0.515. The first kappa shape index (κ1) is 14.8. The third-order valence-corrected chi connectivity index (χ3v) is 3.48. The van der Waals surface area contributed by atoms with Crippen LogP contribution in [0.15, 0.2) is 36.4 Å². The van der Waals surface area contributed by atoms with Crippen LogP contribution >= 0.6 is 23.2 Å². The topological polar surface area (TPSA) is 78.5 Å². The van der Waals surface area contributed by atoms with E-state index in [1.165, 1.54) is 0 Å². The number of nitrogens with one attached hydrogen (secondary N) is 1. The highest BCUT2D eigenvalue weighted by Crippen LogP contribution is 2.31. The fourth-order valence-electron chi connectivity index (χ4n) is 1.71. The average molecular weight is 313 g/mol. The third kappa shape index (κ3) is 3.48. The fraction of sp³-hybridized carbons (Fsp3) is 0.143. The molecule has 0 saturated heterocycles. The van der Waals surface area contributed by atoms with Crippen molar-refractivity contribution >= 4 is 34.6 Å². The molecular formula is C14H14Cl2N2O2. The number of aliphatic hydroxyl groups excluding tert-OH is 1. The molecule has 1 unspecified atom stereocenters. The molecule has 2 rings (SSSR count). The number of aliphatic hydroxyl groups is 1. The molecule has 106 valence electrons. The van der Waals surface area contributed by atoms with Crippen LogP contribution in [0.1, 0.15) is 11.7 Å². The minimum Gasteiger partial charge on any atom is -0.508 e. The van der Waals surface area contributed by atoms with E-state index in [2.05, 4.69) is 5.32 Å². The normalized spacial score (nSPS) is 12.2. The number of aromatic hydroxyl groups is 1. The predicted molar refractivity (Wildman–Crippen MR) is 82.4 cm³/mol. The standard InChI is InChI=1S/C14H14Cl2N2O2/c15-11-5-8(6-12(16)14(11)17)13(20)7-18-9-1-3-10(19)4-2-9/h1-6,13,18-20H,7,17H2. The highest BCUT2D eigenvalue weighted by Gasteiger charge is 2.12. The Morgan fingerprint density at radius 3 is 2.20 bits per heavy atom. The zero-order valence-electron chi connectivity index (χ0n) is 10.5. The number of phenolic OH excluding ortho intramolecular Hbond substituents is 1. The number of hydrogen-bond donors (Lipinski definition) is 4. The lowest BCUT2D eigenvalue weighted by molar-refractivity contribution is 0.191. The molecule has 1 atom stereocenters. The summed E-state index contributed by atoms with van der Waals surface area (Å²) >= 11 is 11.9. The van der Waals surface area contributed by atoms with Crippen LogP contribution in [0.3, 0.4) is 0 Å². The summed E-state index contributed by atoms with van der Waals surface area (Å²) in [4.78, 5) is 0. The van der Waals surface area contributed by atoms with Gasteiger partial charge in [0.2, 0.25) is 0 Å². The van der Waals surface area contributed by atoms with Crippen LogP contribution in [0.5, 0.6) is 5.75 Å². The predicted octanol–water partition coefficient (Wildman–Crippen LogP) is 3.43. The maximum Gasteiger partial charge on any atom is 0.115 e. The number of nitrogen functional groups attached to an aromatic ring is 1. The molecular weight excluding hydrogens is 299 g/mol. The van der Waals surface area contributed by atoms with Crippen LogP contribution in [-0.2, 0) is 0 Å². The highest BCUT2D eigenvalue weighted by molar-refractivity contribution is 6.38. The number of anilines is 2. The molecule has 0 aromatic heterocycles. The van der Waals surface area contributed by atoms with Crippen LogP contribution < -0.4 is 11.1 Å². The summed E-state index contributed by atoms with van der Waals surface area (Å²) in [5, 5.41) is 23.0. The Labute approximate surface area is 126 Å². The molecule has 0 bridgehead atoms. The van der Waals surface area contributed by atoms with Gasteiger partial charge in [-0.05, 0) is 42.0 Å². The maximum atomic E-state index is 10.1. The molecule has 0 radical (unpaired) electrons. The van der Waals surface area contributed by atoms with E-state index in [1.54, 1.807) is 36.4 Å². The Hall–Kier alpha value is -1.62. The lowest BCUT2D eigenvalue weighted by Crippen LogP contribution is -2.12. The second-order valence-corrected chi connectivity index (χ2v) is 5.16. The van der Waals surface area contributed by atoms with Gasteiger partial charge in [-0.3, -0.25) is 0 Å². The Kier molecular flexibility index (Phi) is 4.60. The van der Waals surface area contributed by atoms with Gasteiger partial charge in [0.1, 0.15) is 5.75 Å². The van der Waals surface area contributed by atoms with E-state index in [0.29, 0.717) is 21.3 Å². The SMILES string of the molecule is Nc1c(Cl)cc(C(O)CNc2ccc(O)cc2)cc1Cl. The van der Waals surface area contributed by atoms with Gasteiger partial charge in [0.25, 0.3) is 0 Å². The molecule has 0 amide bonds. The Balaban J connectivity index is 2.05. The van der Waals surface area contributed by atoms with Gasteiger partial charge in [-0.15, -0.1) is 0 Å². The molecule has 0 spiro atoms. The first-order valence-corrected chi connectivity index (χ1v) is 6.68. The van der Waals surface area contributed by atoms with Crippen molar-refractivity contribution in [3.05, 3.63) is 52.0 Å². The summed E-state index contributed by atoms with van der Waals surface area (Å²) in [5.41, 5.74) is 7.32. The van der Waals surface area contributed by atoms with E-state index in [1.807, 2.05) is 0 Å². The molecule has 0 saturated carbocycles. The van der Waals surface area contributed by atoms with Gasteiger partial charge in [-0.25, -0.2) is 0 Å². The van der Waals surface area contributed by atoms with E-state index in [-0.39, 0.29) is 12.3 Å². The van der Waals surface area contributed by atoms with Crippen molar-refractivity contribution in [3.8, 4) is 5.75 Å². The van der Waals surface area contributed by atoms with Crippen molar-refractivity contribution in [2.24, 2.45) is 0 Å². The van der Waals surface area contributed by atoms with Crippen LogP contribution in [0.4, 0.5) is 11.4 Å². The molecule has 0 fully saturated rings. The van der Waals surface area contributed by atoms with E-state index in [0.717, 1.165) is 5.69 Å². The van der Waals surface area contributed by atoms with E-state index < -0.39 is 6.10 Å². The second-order valence-electron chi connectivity index (χ2n) is 4.34. The highest BCUT2D eigenvalue weighted by atomic mass is 35.5. The molecule has 4 nitrogen and oxygen atoms in total. The summed E-state index contributed by atoms with van der Waals surface area (Å²) in [6.45, 7) is 0.279. The molecule has 0 aliphatic rings. The molecule has 5 N–H and O–H groups in total. The molecule has 0 aliphatic heterocycles. The van der Waals surface area contributed by atoms with E-state index in [9.17, 15) is 10.2 Å². The third-order valence-electron chi connectivity index (χ3n) is 2.85. The number of benzene rings is 2. The Morgan fingerprint density at radius 2 is 1.65 bits per heavy atom. The minimum atomic E-state index is -0.778. The van der Waals surface area contributed by atoms with Gasteiger partial charge < -0.3 is 21.3 Å². The second kappa shape index (κ2) is 6.22. The number of nitrogens with two attached hydrogens (primary N) is 1. The average Bonchev–Trinajstić information content (AvgIpc) is 2.43. The zero-order chi connectivity index (χ0) is 14.7. The number of phenols is 1. The minimum absolute atomic E-state index is 0.188. The van der Waals surface area contributed by atoms with Crippen molar-refractivity contribution in [1.82, 2.24) is 0 Å². The largest absolute Gasteiger partial charge is 0.508 e. The van der Waals surface area contributed by atoms with E-state index in [4.69, 9.17) is 28.9 Å². The van der Waals surface area contributed by atoms with E-state index >= 15 is 0 Å². The first-order valence-electron chi connectivity index (χ1n) is 5.92. The molecule has 2 aromatic rings. The van der Waals surface area contributed by atoms with Crippen molar-refractivity contribution in [1.29, 1.82) is 0 Å². The maximum absolute atomic E-state index is 10.1. The molecule has 2 aromatic carbocycles. The zero-order valence-corrected chi connectivity index (χ0v) is 12.0. The van der Waals surface area contributed by atoms with Crippen molar-refractivity contribution in [2.45, 2.75) is 6.10 Å². The van der Waals surface area contributed by atoms with Crippen molar-refractivity contribution < 1.29 is 10.2 Å². The summed E-state index contributed by atoms with van der Waals surface area (Å²) in [7, 11) is 0. The molecule has 0 aliphatic carbocycles. The smallest absolute Gasteiger partial charge is 0.115 e. The molecule has 0 heterocycles. The summed E-state index contributed by atoms with van der Waals surface area (Å²) < 4.78 is 0. The van der Waals surface area contributed by atoms with Crippen LogP contribution in [0.2, 0.25) is 10.0 Å². The van der Waals surface area contributed by atoms with Gasteiger partial charge in [0, 0.05) is 12.2 Å². The summed E-state index contributed by atoms with van der Waals surface area (Å²) in [5.74, 6) is 0.188. The number of rotatable bonds is 4. The van der Waals surface area contributed by atoms with Crippen LogP contribution in [-0.4, -0.2) is 16.8 Å². The van der Waals surface area contributed by atoms with Gasteiger partial charge in [-0.2, -0.15) is 0 Å². The first-order chi connectivity index (χ1) is 9.47. The molecule has 20 heavy (non-hydrogen) atoms. The van der Waals surface area contributed by atoms with Crippen molar-refractivity contribution in [2.75, 3.05) is 17.6 Å².